The lowest BCUT2D eigenvalue weighted by molar-refractivity contribution is 1.14. The van der Waals surface area contributed by atoms with Crippen molar-refractivity contribution in [3.05, 3.63) is 34.5 Å². The molecule has 2 heterocycles. The van der Waals surface area contributed by atoms with Gasteiger partial charge in [-0.15, -0.1) is 0 Å². The second-order valence-corrected chi connectivity index (χ2v) is 2.61. The first-order valence-electron chi connectivity index (χ1n) is 3.57. The summed E-state index contributed by atoms with van der Waals surface area (Å²) in [5.41, 5.74) is 1.84. The van der Waals surface area contributed by atoms with Gasteiger partial charge in [-0.2, -0.15) is 0 Å². The van der Waals surface area contributed by atoms with Crippen molar-refractivity contribution < 1.29 is 0 Å². The second kappa shape index (κ2) is 2.41. The van der Waals surface area contributed by atoms with E-state index in [0.29, 0.717) is 11.0 Å². The number of hydrogen-bond acceptors (Lipinski definition) is 3. The molecule has 0 atom stereocenters. The molecule has 0 radical (unpaired) electrons. The number of aromatic nitrogens is 3. The fourth-order valence-electron chi connectivity index (χ4n) is 1.06. The monoisotopic (exact) mass is 161 g/mol. The van der Waals surface area contributed by atoms with Crippen LogP contribution in [0.1, 0.15) is 5.56 Å². The van der Waals surface area contributed by atoms with Crippen LogP contribution in [0, 0.1) is 6.92 Å². The lowest BCUT2D eigenvalue weighted by atomic mass is 10.3. The summed E-state index contributed by atoms with van der Waals surface area (Å²) in [6.45, 7) is 1.91. The van der Waals surface area contributed by atoms with Crippen LogP contribution in [0.2, 0.25) is 0 Å². The van der Waals surface area contributed by atoms with Crippen molar-refractivity contribution in [1.82, 2.24) is 15.0 Å². The SMILES string of the molecule is Cc1cnc2c(=O)[nH]cnc2c1. The summed E-state index contributed by atoms with van der Waals surface area (Å²) in [5.74, 6) is 0. The van der Waals surface area contributed by atoms with Gasteiger partial charge in [0.05, 0.1) is 11.8 Å². The Kier molecular flexibility index (Phi) is 1.40. The van der Waals surface area contributed by atoms with Gasteiger partial charge in [-0.1, -0.05) is 0 Å². The number of nitrogens with zero attached hydrogens (tertiary/aromatic N) is 2. The number of nitrogens with one attached hydrogen (secondary N) is 1. The zero-order valence-corrected chi connectivity index (χ0v) is 6.53. The molecule has 0 saturated heterocycles. The first-order chi connectivity index (χ1) is 5.77. The molecule has 0 aliphatic carbocycles. The van der Waals surface area contributed by atoms with Crippen LogP contribution in [-0.4, -0.2) is 15.0 Å². The number of H-pyrrole nitrogens is 1. The molecule has 4 heteroatoms. The van der Waals surface area contributed by atoms with E-state index < -0.39 is 0 Å². The first kappa shape index (κ1) is 6.97. The van der Waals surface area contributed by atoms with E-state index in [1.54, 1.807) is 6.20 Å². The van der Waals surface area contributed by atoms with Gasteiger partial charge in [-0.05, 0) is 18.6 Å². The molecule has 0 unspecified atom stereocenters. The summed E-state index contributed by atoms with van der Waals surface area (Å²) in [6.07, 6.45) is 3.03. The number of hydrogen-bond donors (Lipinski definition) is 1. The van der Waals surface area contributed by atoms with Gasteiger partial charge >= 0.3 is 0 Å². The standard InChI is InChI=1S/C8H7N3O/c1-5-2-6-7(9-3-5)8(12)11-4-10-6/h2-4H,1H3,(H,10,11,12). The van der Waals surface area contributed by atoms with Crippen LogP contribution < -0.4 is 5.56 Å². The molecule has 12 heavy (non-hydrogen) atoms. The molecular weight excluding hydrogens is 154 g/mol. The Morgan fingerprint density at radius 1 is 1.42 bits per heavy atom. The van der Waals surface area contributed by atoms with E-state index in [1.807, 2.05) is 13.0 Å². The van der Waals surface area contributed by atoms with Crippen LogP contribution >= 0.6 is 0 Å². The Labute approximate surface area is 68.3 Å². The third-order valence-corrected chi connectivity index (χ3v) is 1.62. The molecule has 0 amide bonds. The van der Waals surface area contributed by atoms with Crippen LogP contribution in [0.5, 0.6) is 0 Å². The molecule has 0 aromatic carbocycles. The molecule has 0 bridgehead atoms. The number of pyridine rings is 1. The van der Waals surface area contributed by atoms with Crippen molar-refractivity contribution in [2.45, 2.75) is 6.92 Å². The minimum Gasteiger partial charge on any atom is -0.311 e. The maximum atomic E-state index is 11.1. The summed E-state index contributed by atoms with van der Waals surface area (Å²) in [7, 11) is 0. The van der Waals surface area contributed by atoms with Gasteiger partial charge in [0.15, 0.2) is 5.52 Å². The quantitative estimate of drug-likeness (QED) is 0.616. The van der Waals surface area contributed by atoms with E-state index in [-0.39, 0.29) is 5.56 Å². The zero-order valence-electron chi connectivity index (χ0n) is 6.53. The van der Waals surface area contributed by atoms with Crippen molar-refractivity contribution in [3.63, 3.8) is 0 Å². The highest BCUT2D eigenvalue weighted by Crippen LogP contribution is 2.03. The molecule has 0 aliphatic rings. The van der Waals surface area contributed by atoms with Crippen molar-refractivity contribution in [3.8, 4) is 0 Å². The van der Waals surface area contributed by atoms with E-state index in [2.05, 4.69) is 15.0 Å². The normalized spacial score (nSPS) is 10.4. The van der Waals surface area contributed by atoms with Gasteiger partial charge in [-0.3, -0.25) is 4.79 Å². The van der Waals surface area contributed by atoms with Gasteiger partial charge < -0.3 is 4.98 Å². The van der Waals surface area contributed by atoms with Gasteiger partial charge in [0.2, 0.25) is 0 Å². The molecule has 1 N–H and O–H groups in total. The predicted molar refractivity (Wildman–Crippen MR) is 44.9 cm³/mol. The highest BCUT2D eigenvalue weighted by Gasteiger charge is 1.98. The van der Waals surface area contributed by atoms with Crippen LogP contribution in [0.3, 0.4) is 0 Å². The molecule has 0 spiro atoms. The van der Waals surface area contributed by atoms with E-state index >= 15 is 0 Å². The van der Waals surface area contributed by atoms with Crippen LogP contribution in [0.25, 0.3) is 11.0 Å². The van der Waals surface area contributed by atoms with Crippen molar-refractivity contribution in [2.75, 3.05) is 0 Å². The molecular formula is C8H7N3O. The summed E-state index contributed by atoms with van der Waals surface area (Å²) >= 11 is 0. The van der Waals surface area contributed by atoms with Crippen LogP contribution in [0.4, 0.5) is 0 Å². The van der Waals surface area contributed by atoms with E-state index in [4.69, 9.17) is 0 Å². The van der Waals surface area contributed by atoms with Crippen molar-refractivity contribution in [1.29, 1.82) is 0 Å². The smallest absolute Gasteiger partial charge is 0.277 e. The van der Waals surface area contributed by atoms with Crippen LogP contribution in [-0.2, 0) is 0 Å². The van der Waals surface area contributed by atoms with E-state index in [1.165, 1.54) is 6.33 Å². The number of aryl methyl sites for hydroxylation is 1. The van der Waals surface area contributed by atoms with E-state index in [0.717, 1.165) is 5.56 Å². The molecule has 0 aliphatic heterocycles. The molecule has 2 aromatic heterocycles. The third-order valence-electron chi connectivity index (χ3n) is 1.62. The van der Waals surface area contributed by atoms with Gasteiger partial charge in [0.1, 0.15) is 0 Å². The second-order valence-electron chi connectivity index (χ2n) is 2.61. The van der Waals surface area contributed by atoms with Gasteiger partial charge in [0.25, 0.3) is 5.56 Å². The molecule has 2 aromatic rings. The summed E-state index contributed by atoms with van der Waals surface area (Å²) in [4.78, 5) is 21.6. The average Bonchev–Trinajstić information content (AvgIpc) is 2.04. The Morgan fingerprint density at radius 3 is 3.08 bits per heavy atom. The predicted octanol–water partition coefficient (Wildman–Crippen LogP) is 0.627. The fraction of sp³-hybridized carbons (Fsp3) is 0.125. The topological polar surface area (TPSA) is 58.6 Å². The Morgan fingerprint density at radius 2 is 2.25 bits per heavy atom. The maximum absolute atomic E-state index is 11.1. The maximum Gasteiger partial charge on any atom is 0.277 e. The minimum absolute atomic E-state index is 0.194. The molecule has 0 fully saturated rings. The molecule has 4 nitrogen and oxygen atoms in total. The molecule has 2 rings (SSSR count). The highest BCUT2D eigenvalue weighted by atomic mass is 16.1. The van der Waals surface area contributed by atoms with Crippen LogP contribution in [0.15, 0.2) is 23.4 Å². The van der Waals surface area contributed by atoms with E-state index in [9.17, 15) is 4.79 Å². The largest absolute Gasteiger partial charge is 0.311 e. The third kappa shape index (κ3) is 0.972. The Hall–Kier alpha value is -1.71. The minimum atomic E-state index is -0.194. The van der Waals surface area contributed by atoms with Gasteiger partial charge in [-0.25, -0.2) is 9.97 Å². The number of fused-ring (bicyclic) bond motifs is 1. The lowest BCUT2D eigenvalue weighted by Gasteiger charge is -1.94. The summed E-state index contributed by atoms with van der Waals surface area (Å²) in [6, 6.07) is 1.83. The average molecular weight is 161 g/mol. The zero-order chi connectivity index (χ0) is 8.55. The van der Waals surface area contributed by atoms with Crippen molar-refractivity contribution >= 4 is 11.0 Å². The summed E-state index contributed by atoms with van der Waals surface area (Å²) in [5, 5.41) is 0. The number of rotatable bonds is 0. The fourth-order valence-corrected chi connectivity index (χ4v) is 1.06. The highest BCUT2D eigenvalue weighted by molar-refractivity contribution is 5.72. The molecule has 60 valence electrons. The Balaban J connectivity index is 2.96. The lowest BCUT2D eigenvalue weighted by Crippen LogP contribution is -2.07. The number of aromatic amines is 1. The summed E-state index contributed by atoms with van der Waals surface area (Å²) < 4.78 is 0. The molecule has 0 saturated carbocycles. The van der Waals surface area contributed by atoms with Gasteiger partial charge in [0, 0.05) is 6.20 Å². The van der Waals surface area contributed by atoms with Crippen molar-refractivity contribution in [2.24, 2.45) is 0 Å². The first-order valence-corrected chi connectivity index (χ1v) is 3.57. The Bertz CT molecular complexity index is 475.